The van der Waals surface area contributed by atoms with Crippen LogP contribution in [0.2, 0.25) is 5.02 Å². The number of carbonyl (C=O) groups excluding carboxylic acids is 1. The lowest BCUT2D eigenvalue weighted by molar-refractivity contribution is -0.128. The number of hydrogen-bond acceptors (Lipinski definition) is 7. The predicted molar refractivity (Wildman–Crippen MR) is 234 cm³/mol. The molecule has 2 aliphatic heterocycles. The highest BCUT2D eigenvalue weighted by atomic mass is 127. The fourth-order valence-corrected chi connectivity index (χ4v) is 8.38. The number of ether oxygens (including phenoxy) is 2. The molecule has 1 amide bonds. The highest BCUT2D eigenvalue weighted by Gasteiger charge is 2.36. The van der Waals surface area contributed by atoms with Crippen molar-refractivity contribution >= 4 is 57.3 Å². The van der Waals surface area contributed by atoms with Crippen molar-refractivity contribution < 1.29 is 23.8 Å². The van der Waals surface area contributed by atoms with Crippen LogP contribution in [0.1, 0.15) is 42.5 Å². The minimum Gasteiger partial charge on any atom is -0.492 e. The third-order valence-corrected chi connectivity index (χ3v) is 11.3. The first-order valence-corrected chi connectivity index (χ1v) is 20.6. The van der Waals surface area contributed by atoms with Crippen molar-refractivity contribution in [3.05, 3.63) is 152 Å². The van der Waals surface area contributed by atoms with Gasteiger partial charge in [0.05, 0.1) is 17.9 Å². The molecule has 0 saturated carbocycles. The van der Waals surface area contributed by atoms with Gasteiger partial charge in [0.1, 0.15) is 29.8 Å². The zero-order chi connectivity index (χ0) is 40.1. The summed E-state index contributed by atoms with van der Waals surface area (Å²) in [6, 6.07) is 32.3. The number of nitrogens with zero attached hydrogens (tertiary/aromatic N) is 4. The average molecular weight is 899 g/mol. The van der Waals surface area contributed by atoms with E-state index in [1.165, 1.54) is 12.1 Å². The van der Waals surface area contributed by atoms with E-state index in [0.29, 0.717) is 72.7 Å². The average Bonchev–Trinajstić information content (AvgIpc) is 3.21. The van der Waals surface area contributed by atoms with E-state index in [2.05, 4.69) is 53.1 Å². The van der Waals surface area contributed by atoms with E-state index in [-0.39, 0.29) is 17.5 Å². The summed E-state index contributed by atoms with van der Waals surface area (Å²) >= 11 is 9.43. The Labute approximate surface area is 352 Å². The summed E-state index contributed by atoms with van der Waals surface area (Å²) in [5, 5.41) is 12.2. The Hall–Kier alpha value is -4.91. The van der Waals surface area contributed by atoms with Crippen LogP contribution in [0.25, 0.3) is 11.1 Å². The van der Waals surface area contributed by atoms with Gasteiger partial charge in [0.15, 0.2) is 0 Å². The number of amides is 1. The van der Waals surface area contributed by atoms with Gasteiger partial charge in [0.2, 0.25) is 12.3 Å². The Morgan fingerprint density at radius 2 is 1.74 bits per heavy atom. The summed E-state index contributed by atoms with van der Waals surface area (Å²) in [5.41, 5.74) is 5.99. The SMILES string of the molecule is C=CC(=O)N1CCN(C2=NC(O)N(c3ccccc3CCC)c3cc(-c4c(F)cccc4OCCc4ccc(OCc5cccc(I)c5)cc4)c(Cl)cc32)[C@@H](C)C1. The van der Waals surface area contributed by atoms with Crippen molar-refractivity contribution in [1.82, 2.24) is 9.80 Å². The van der Waals surface area contributed by atoms with Crippen molar-refractivity contribution in [2.75, 3.05) is 31.1 Å². The first-order valence-electron chi connectivity index (χ1n) is 19.2. The maximum Gasteiger partial charge on any atom is 0.246 e. The highest BCUT2D eigenvalue weighted by molar-refractivity contribution is 14.1. The van der Waals surface area contributed by atoms with Crippen LogP contribution >= 0.6 is 34.2 Å². The number of anilines is 2. The van der Waals surface area contributed by atoms with Crippen LogP contribution in [0.3, 0.4) is 0 Å². The number of fused-ring (bicyclic) bond motifs is 1. The van der Waals surface area contributed by atoms with Gasteiger partial charge >= 0.3 is 0 Å². The number of halogens is 3. The van der Waals surface area contributed by atoms with Gasteiger partial charge in [-0.25, -0.2) is 9.38 Å². The van der Waals surface area contributed by atoms with Crippen molar-refractivity contribution in [2.24, 2.45) is 4.99 Å². The Kier molecular flexibility index (Phi) is 12.8. The van der Waals surface area contributed by atoms with Crippen molar-refractivity contribution in [2.45, 2.75) is 52.1 Å². The summed E-state index contributed by atoms with van der Waals surface area (Å²) < 4.78 is 29.6. The molecular formula is C46H45ClFIN4O4. The van der Waals surface area contributed by atoms with E-state index < -0.39 is 12.2 Å². The fraction of sp³-hybridized carbons (Fsp3) is 0.261. The molecule has 2 aliphatic rings. The molecule has 7 rings (SSSR count). The molecule has 2 atom stereocenters. The molecule has 0 radical (unpaired) electrons. The van der Waals surface area contributed by atoms with Gasteiger partial charge in [0.25, 0.3) is 0 Å². The van der Waals surface area contributed by atoms with E-state index >= 15 is 4.39 Å². The number of aryl methyl sites for hydroxylation is 1. The molecule has 5 aromatic rings. The Morgan fingerprint density at radius 3 is 2.49 bits per heavy atom. The molecule has 2 heterocycles. The van der Waals surface area contributed by atoms with E-state index in [4.69, 9.17) is 26.1 Å². The van der Waals surface area contributed by atoms with E-state index in [9.17, 15) is 9.90 Å². The molecule has 57 heavy (non-hydrogen) atoms. The number of aliphatic imine (C=N–C) groups is 1. The molecule has 0 aromatic heterocycles. The molecule has 8 nitrogen and oxygen atoms in total. The van der Waals surface area contributed by atoms with E-state index in [1.807, 2.05) is 73.7 Å². The molecule has 1 fully saturated rings. The zero-order valence-corrected chi connectivity index (χ0v) is 34.9. The molecule has 5 aromatic carbocycles. The third kappa shape index (κ3) is 8.98. The minimum atomic E-state index is -1.28. The lowest BCUT2D eigenvalue weighted by Gasteiger charge is -2.44. The number of hydrogen-bond donors (Lipinski definition) is 1. The number of para-hydroxylation sites is 1. The first-order chi connectivity index (χ1) is 27.6. The lowest BCUT2D eigenvalue weighted by Crippen LogP contribution is -2.56. The van der Waals surface area contributed by atoms with Crippen LogP contribution in [0.5, 0.6) is 11.5 Å². The highest BCUT2D eigenvalue weighted by Crippen LogP contribution is 2.45. The first kappa shape index (κ1) is 40.3. The minimum absolute atomic E-state index is 0.118. The van der Waals surface area contributed by atoms with Crippen LogP contribution in [0.4, 0.5) is 15.8 Å². The second-order valence-corrected chi connectivity index (χ2v) is 15.9. The van der Waals surface area contributed by atoms with Gasteiger partial charge in [-0.1, -0.05) is 80.1 Å². The molecule has 294 valence electrons. The molecule has 1 N–H and O–H groups in total. The predicted octanol–water partition coefficient (Wildman–Crippen LogP) is 9.80. The van der Waals surface area contributed by atoms with Crippen LogP contribution in [-0.4, -0.2) is 65.3 Å². The van der Waals surface area contributed by atoms with Crippen molar-refractivity contribution in [3.63, 3.8) is 0 Å². The van der Waals surface area contributed by atoms with Crippen LogP contribution in [0.15, 0.2) is 121 Å². The van der Waals surface area contributed by atoms with E-state index in [0.717, 1.165) is 44.5 Å². The summed E-state index contributed by atoms with van der Waals surface area (Å²) in [7, 11) is 0. The van der Waals surface area contributed by atoms with Gasteiger partial charge in [-0.2, -0.15) is 0 Å². The Morgan fingerprint density at radius 1 is 0.947 bits per heavy atom. The van der Waals surface area contributed by atoms with Crippen molar-refractivity contribution in [3.8, 4) is 22.6 Å². The lowest BCUT2D eigenvalue weighted by atomic mass is 9.96. The number of amidine groups is 1. The summed E-state index contributed by atoms with van der Waals surface area (Å²) in [4.78, 5) is 23.0. The Balaban J connectivity index is 1.18. The number of rotatable bonds is 12. The number of aliphatic hydroxyl groups excluding tert-OH is 1. The fourth-order valence-electron chi connectivity index (χ4n) is 7.51. The summed E-state index contributed by atoms with van der Waals surface area (Å²) in [6.45, 7) is 9.99. The number of piperazine rings is 1. The summed E-state index contributed by atoms with van der Waals surface area (Å²) in [6.07, 6.45) is 2.32. The second-order valence-electron chi connectivity index (χ2n) is 14.2. The molecule has 1 unspecified atom stereocenters. The van der Waals surface area contributed by atoms with Gasteiger partial charge in [-0.3, -0.25) is 9.69 Å². The van der Waals surface area contributed by atoms with Crippen molar-refractivity contribution in [1.29, 1.82) is 0 Å². The maximum absolute atomic E-state index is 16.1. The second kappa shape index (κ2) is 18.1. The maximum atomic E-state index is 16.1. The van der Waals surface area contributed by atoms with Gasteiger partial charge in [-0.15, -0.1) is 0 Å². The molecule has 1 saturated heterocycles. The zero-order valence-electron chi connectivity index (χ0n) is 32.0. The molecule has 11 heteroatoms. The van der Waals surface area contributed by atoms with E-state index in [1.54, 1.807) is 28.0 Å². The van der Waals surface area contributed by atoms with Gasteiger partial charge in [0, 0.05) is 57.5 Å². The van der Waals surface area contributed by atoms with Gasteiger partial charge in [-0.05, 0) is 113 Å². The molecular weight excluding hydrogens is 854 g/mol. The van der Waals surface area contributed by atoms with Crippen LogP contribution in [0, 0.1) is 9.39 Å². The van der Waals surface area contributed by atoms with Crippen LogP contribution in [-0.2, 0) is 24.2 Å². The quantitative estimate of drug-likeness (QED) is 0.0994. The number of carbonyl (C=O) groups is 1. The Bertz CT molecular complexity index is 2290. The number of benzene rings is 5. The molecule has 0 spiro atoms. The molecule has 0 bridgehead atoms. The third-order valence-electron chi connectivity index (χ3n) is 10.3. The number of aliphatic hydroxyl groups is 1. The topological polar surface area (TPSA) is 77.8 Å². The standard InChI is InChI=1S/C46H45ClFIN4O4/c1-4-10-33-12-6-7-15-40(33)53-41-27-36(38(47)26-37(41)45(50-46(53)55)52-23-22-51(28-30(52)3)43(54)5-2)44-39(48)14-9-16-42(44)56-24-21-31-17-19-35(20-18-31)57-29-32-11-8-13-34(49)25-32/h5-9,11-20,25-27,30,46,55H,2,4,10,21-24,28-29H2,1,3H3/t30-,46?/m0/s1. The molecule has 0 aliphatic carbocycles. The normalized spacial score (nSPS) is 16.5. The summed E-state index contributed by atoms with van der Waals surface area (Å²) in [5.74, 6) is 1.08. The monoisotopic (exact) mass is 898 g/mol. The largest absolute Gasteiger partial charge is 0.492 e. The van der Waals surface area contributed by atoms with Crippen LogP contribution < -0.4 is 14.4 Å². The smallest absolute Gasteiger partial charge is 0.246 e. The van der Waals surface area contributed by atoms with Gasteiger partial charge < -0.3 is 24.4 Å².